The second-order valence-corrected chi connectivity index (χ2v) is 8.52. The van der Waals surface area contributed by atoms with Gasteiger partial charge in [0, 0.05) is 18.5 Å². The summed E-state index contributed by atoms with van der Waals surface area (Å²) in [5, 5.41) is 3.81. The van der Waals surface area contributed by atoms with E-state index in [0.717, 1.165) is 24.8 Å². The molecule has 0 heterocycles. The largest absolute Gasteiger partial charge is 0.466 e. The molecule has 0 aliphatic heterocycles. The zero-order valence-electron chi connectivity index (χ0n) is 17.1. The number of esters is 1. The fraction of sp³-hybridized carbons (Fsp3) is 0.696. The van der Waals surface area contributed by atoms with Crippen LogP contribution in [0.1, 0.15) is 81.8 Å². The Morgan fingerprint density at radius 1 is 1.07 bits per heavy atom. The molecule has 1 N–H and O–H groups in total. The van der Waals surface area contributed by atoms with Crippen LogP contribution in [0, 0.1) is 5.92 Å². The number of benzene rings is 1. The summed E-state index contributed by atoms with van der Waals surface area (Å²) in [6.07, 6.45) is 4.85. The molecule has 2 aliphatic rings. The summed E-state index contributed by atoms with van der Waals surface area (Å²) in [6.45, 7) is 2.17. The lowest BCUT2D eigenvalue weighted by Gasteiger charge is -2.39. The average molecular weight is 412 g/mol. The first-order chi connectivity index (χ1) is 13.9. The number of nitrogens with one attached hydrogen (secondary N) is 1. The van der Waals surface area contributed by atoms with E-state index in [9.17, 15) is 18.0 Å². The summed E-state index contributed by atoms with van der Waals surface area (Å²) in [5.41, 5.74) is 0.316. The molecule has 3 nitrogen and oxygen atoms in total. The topological polar surface area (TPSA) is 38.3 Å². The van der Waals surface area contributed by atoms with Crippen LogP contribution in [0.25, 0.3) is 0 Å². The minimum absolute atomic E-state index is 0.118. The van der Waals surface area contributed by atoms with Crippen LogP contribution in [0.15, 0.2) is 24.3 Å². The lowest BCUT2D eigenvalue weighted by molar-refractivity contribution is -0.144. The lowest BCUT2D eigenvalue weighted by Crippen LogP contribution is -2.45. The van der Waals surface area contributed by atoms with Gasteiger partial charge in [-0.3, -0.25) is 4.79 Å². The highest BCUT2D eigenvalue weighted by Crippen LogP contribution is 2.40. The molecule has 0 bridgehead atoms. The first-order valence-electron chi connectivity index (χ1n) is 11.0. The Morgan fingerprint density at radius 3 is 2.38 bits per heavy atom. The fourth-order valence-electron chi connectivity index (χ4n) is 4.96. The molecule has 3 atom stereocenters. The maximum atomic E-state index is 13.0. The van der Waals surface area contributed by atoms with E-state index in [4.69, 9.17) is 4.74 Å². The predicted octanol–water partition coefficient (Wildman–Crippen LogP) is 5.83. The van der Waals surface area contributed by atoms with Gasteiger partial charge in [-0.15, -0.1) is 0 Å². The van der Waals surface area contributed by atoms with Crippen LogP contribution in [0.2, 0.25) is 0 Å². The highest BCUT2D eigenvalue weighted by atomic mass is 19.4. The normalized spacial score (nSPS) is 26.3. The Kier molecular flexibility index (Phi) is 7.60. The van der Waals surface area contributed by atoms with Gasteiger partial charge in [-0.05, 0) is 68.6 Å². The van der Waals surface area contributed by atoms with E-state index in [1.54, 1.807) is 19.1 Å². The summed E-state index contributed by atoms with van der Waals surface area (Å²) in [5.74, 6) is 0.153. The molecule has 2 aliphatic carbocycles. The van der Waals surface area contributed by atoms with Gasteiger partial charge in [0.15, 0.2) is 0 Å². The van der Waals surface area contributed by atoms with Crippen LogP contribution in [-0.4, -0.2) is 24.7 Å². The maximum absolute atomic E-state index is 13.0. The summed E-state index contributed by atoms with van der Waals surface area (Å²) >= 11 is 0. The zero-order valence-corrected chi connectivity index (χ0v) is 17.1. The van der Waals surface area contributed by atoms with Gasteiger partial charge in [0.2, 0.25) is 0 Å². The Bertz CT molecular complexity index is 653. The average Bonchev–Trinajstić information content (AvgIpc) is 2.69. The summed E-state index contributed by atoms with van der Waals surface area (Å²) < 4.78 is 44.0. The minimum Gasteiger partial charge on any atom is -0.466 e. The van der Waals surface area contributed by atoms with Gasteiger partial charge >= 0.3 is 12.1 Å². The van der Waals surface area contributed by atoms with Crippen LogP contribution in [0.5, 0.6) is 0 Å². The molecule has 1 aromatic carbocycles. The number of alkyl halides is 3. The van der Waals surface area contributed by atoms with Crippen LogP contribution in [-0.2, 0) is 15.7 Å². The molecule has 0 aromatic heterocycles. The lowest BCUT2D eigenvalue weighted by atomic mass is 9.73. The van der Waals surface area contributed by atoms with E-state index in [1.807, 2.05) is 0 Å². The monoisotopic (exact) mass is 411 g/mol. The van der Waals surface area contributed by atoms with Crippen LogP contribution in [0.3, 0.4) is 0 Å². The SMILES string of the molecule is CCOC(=O)C[C@@H]1CC[C@@H](NC2CCCCC2)[C@H](c2ccc(C(F)(F)F)cc2)C1. The van der Waals surface area contributed by atoms with Crippen molar-refractivity contribution in [2.75, 3.05) is 6.61 Å². The van der Waals surface area contributed by atoms with Crippen molar-refractivity contribution in [3.8, 4) is 0 Å². The van der Waals surface area contributed by atoms with Gasteiger partial charge in [0.05, 0.1) is 12.2 Å². The molecule has 0 radical (unpaired) electrons. The van der Waals surface area contributed by atoms with Crippen molar-refractivity contribution in [1.29, 1.82) is 0 Å². The second-order valence-electron chi connectivity index (χ2n) is 8.52. The van der Waals surface area contributed by atoms with Crippen LogP contribution in [0.4, 0.5) is 13.2 Å². The Labute approximate surface area is 171 Å². The first-order valence-corrected chi connectivity index (χ1v) is 11.0. The molecular weight excluding hydrogens is 379 g/mol. The zero-order chi connectivity index (χ0) is 20.9. The molecule has 0 spiro atoms. The Hall–Kier alpha value is -1.56. The molecule has 1 aromatic rings. The molecule has 0 amide bonds. The smallest absolute Gasteiger partial charge is 0.416 e. The molecule has 2 fully saturated rings. The number of rotatable bonds is 6. The van der Waals surface area contributed by atoms with Gasteiger partial charge < -0.3 is 10.1 Å². The fourth-order valence-corrected chi connectivity index (χ4v) is 4.96. The van der Waals surface area contributed by atoms with Gasteiger partial charge in [-0.1, -0.05) is 31.4 Å². The Morgan fingerprint density at radius 2 is 1.76 bits per heavy atom. The first kappa shape index (κ1) is 22.1. The van der Waals surface area contributed by atoms with Gasteiger partial charge in [0.25, 0.3) is 0 Å². The summed E-state index contributed by atoms with van der Waals surface area (Å²) in [6, 6.07) is 6.34. The van der Waals surface area contributed by atoms with Gasteiger partial charge in [-0.2, -0.15) is 13.2 Å². The highest BCUT2D eigenvalue weighted by Gasteiger charge is 2.35. The quantitative estimate of drug-likeness (QED) is 0.598. The number of carbonyl (C=O) groups is 1. The third-order valence-corrected chi connectivity index (χ3v) is 6.44. The summed E-state index contributed by atoms with van der Waals surface area (Å²) in [7, 11) is 0. The molecule has 162 valence electrons. The molecule has 2 saturated carbocycles. The van der Waals surface area contributed by atoms with E-state index < -0.39 is 11.7 Å². The molecule has 0 saturated heterocycles. The predicted molar refractivity (Wildman–Crippen MR) is 107 cm³/mol. The molecule has 6 heteroatoms. The maximum Gasteiger partial charge on any atom is 0.416 e. The van der Waals surface area contributed by atoms with Crippen LogP contribution >= 0.6 is 0 Å². The van der Waals surface area contributed by atoms with Crippen LogP contribution < -0.4 is 5.32 Å². The number of hydrogen-bond acceptors (Lipinski definition) is 3. The van der Waals surface area contributed by atoms with E-state index in [2.05, 4.69) is 5.32 Å². The number of carbonyl (C=O) groups excluding carboxylic acids is 1. The van der Waals surface area contributed by atoms with Crippen molar-refractivity contribution >= 4 is 5.97 Å². The molecule has 3 rings (SSSR count). The van der Waals surface area contributed by atoms with Gasteiger partial charge in [-0.25, -0.2) is 0 Å². The van der Waals surface area contributed by atoms with E-state index in [-0.39, 0.29) is 23.8 Å². The van der Waals surface area contributed by atoms with E-state index in [1.165, 1.54) is 44.2 Å². The molecule has 29 heavy (non-hydrogen) atoms. The standard InChI is InChI=1S/C23H32F3NO2/c1-2-29-22(28)15-16-8-13-21(27-19-6-4-3-5-7-19)20(14-16)17-9-11-18(12-10-17)23(24,25)26/h9-12,16,19-21,27H,2-8,13-15H2,1H3/t16-,20+,21-/m1/s1. The third kappa shape index (κ3) is 6.21. The van der Waals surface area contributed by atoms with E-state index in [0.29, 0.717) is 19.1 Å². The highest BCUT2D eigenvalue weighted by molar-refractivity contribution is 5.69. The number of halogens is 3. The van der Waals surface area contributed by atoms with Crippen molar-refractivity contribution in [2.24, 2.45) is 5.92 Å². The van der Waals surface area contributed by atoms with E-state index >= 15 is 0 Å². The number of hydrogen-bond donors (Lipinski definition) is 1. The molecule has 0 unspecified atom stereocenters. The number of ether oxygens (including phenoxy) is 1. The van der Waals surface area contributed by atoms with Crippen molar-refractivity contribution in [1.82, 2.24) is 5.32 Å². The third-order valence-electron chi connectivity index (χ3n) is 6.44. The van der Waals surface area contributed by atoms with Crippen molar-refractivity contribution in [3.05, 3.63) is 35.4 Å². The van der Waals surface area contributed by atoms with Crippen molar-refractivity contribution in [2.45, 2.75) is 88.9 Å². The second kappa shape index (κ2) is 9.96. The molecular formula is C23H32F3NO2. The van der Waals surface area contributed by atoms with Crippen molar-refractivity contribution in [3.63, 3.8) is 0 Å². The minimum atomic E-state index is -4.32. The van der Waals surface area contributed by atoms with Gasteiger partial charge in [0.1, 0.15) is 0 Å². The Balaban J connectivity index is 1.74. The summed E-state index contributed by atoms with van der Waals surface area (Å²) in [4.78, 5) is 11.9. The van der Waals surface area contributed by atoms with Crippen molar-refractivity contribution < 1.29 is 22.7 Å².